The van der Waals surface area contributed by atoms with E-state index in [1.165, 1.54) is 34.4 Å². The lowest BCUT2D eigenvalue weighted by Gasteiger charge is -2.36. The van der Waals surface area contributed by atoms with Gasteiger partial charge in [-0.3, -0.25) is 63.1 Å². The van der Waals surface area contributed by atoms with Crippen molar-refractivity contribution in [2.75, 3.05) is 85.1 Å². The molecule has 0 saturated carbocycles. The number of hydrogen-bond acceptors (Lipinski definition) is 15. The van der Waals surface area contributed by atoms with Crippen molar-refractivity contribution in [3.8, 4) is 11.5 Å². The van der Waals surface area contributed by atoms with Crippen LogP contribution < -0.4 is 15.2 Å². The minimum atomic E-state index is -4.69. The molecule has 69 heavy (non-hydrogen) atoms. The Morgan fingerprint density at radius 2 is 1.28 bits per heavy atom. The van der Waals surface area contributed by atoms with E-state index in [0.717, 1.165) is 17.2 Å². The van der Waals surface area contributed by atoms with Crippen molar-refractivity contribution in [1.29, 1.82) is 0 Å². The first-order valence-corrected chi connectivity index (χ1v) is 23.9. The Morgan fingerprint density at radius 3 is 1.80 bits per heavy atom. The smallest absolute Gasteiger partial charge is 0.508 e. The molecule has 2 atom stereocenters. The predicted octanol–water partition coefficient (Wildman–Crippen LogP) is 2.99. The number of aromatic hydroxyl groups is 1. The maximum absolute atomic E-state index is 13.2. The maximum atomic E-state index is 13.2. The molecule has 1 unspecified atom stereocenters. The van der Waals surface area contributed by atoms with Crippen molar-refractivity contribution in [2.45, 2.75) is 66.5 Å². The molecule has 23 heteroatoms. The summed E-state index contributed by atoms with van der Waals surface area (Å²) in [6.45, 7) is 8.55. The van der Waals surface area contributed by atoms with E-state index < -0.39 is 61.6 Å². The predicted molar refractivity (Wildman–Crippen MR) is 252 cm³/mol. The van der Waals surface area contributed by atoms with Gasteiger partial charge in [-0.25, -0.2) is 4.57 Å². The fourth-order valence-corrected chi connectivity index (χ4v) is 9.00. The van der Waals surface area contributed by atoms with Crippen LogP contribution in [0, 0.1) is 44.7 Å². The summed E-state index contributed by atoms with van der Waals surface area (Å²) in [5.74, 6) is -5.03. The molecule has 1 fully saturated rings. The number of nitro groups is 1. The average Bonchev–Trinajstić information content (AvgIpc) is 3.25. The van der Waals surface area contributed by atoms with Crippen molar-refractivity contribution in [2.24, 2.45) is 0 Å². The summed E-state index contributed by atoms with van der Waals surface area (Å²) >= 11 is 0. The molecule has 1 aliphatic rings. The van der Waals surface area contributed by atoms with Gasteiger partial charge < -0.3 is 35.6 Å². The van der Waals surface area contributed by atoms with Crippen LogP contribution in [0.25, 0.3) is 0 Å². The number of benzene rings is 3. The molecule has 1 heterocycles. The molecule has 0 radical (unpaired) electrons. The number of phenolic OH excluding ortho intramolecular Hbond substituents is 1. The van der Waals surface area contributed by atoms with E-state index in [0.29, 0.717) is 12.0 Å². The van der Waals surface area contributed by atoms with Crippen molar-refractivity contribution in [1.82, 2.24) is 30.2 Å². The molecule has 0 spiro atoms. The number of nitro benzene ring substituents is 1. The Bertz CT molecular complexity index is 2310. The zero-order chi connectivity index (χ0) is 51.0. The number of hydrogen-bond donors (Lipinski definition) is 7. The Labute approximate surface area is 400 Å². The standard InChI is InChI=1S/C46H64N7O15P/c1-30-19-32(3)38(33(4)20-30)24-35-21-34(5)41(22-31(35)2)68-69(65,66)67-18-6-7-39(46(61)62)52-16-14-50(28-42(55)47-25-44(57)58)12-10-49(27-36-23-37(53(63)64)8-9-40(36)54)11-13-51(15-17-52)29-43(56)48-26-45(59)60/h8-9,19-23,39,54H,6-7,10-18,24-29H2,1-5H3,(H,47,55)(H,48,56)(H,57,58)(H,59,60)(H,61,62)(H,65,66)/t39-/m1/s1. The van der Waals surface area contributed by atoms with Gasteiger partial charge in [0.1, 0.15) is 30.6 Å². The molecular weight excluding hydrogens is 922 g/mol. The van der Waals surface area contributed by atoms with E-state index in [2.05, 4.69) is 36.6 Å². The summed E-state index contributed by atoms with van der Waals surface area (Å²) < 4.78 is 24.1. The summed E-state index contributed by atoms with van der Waals surface area (Å²) in [6.07, 6.45) is 0.587. The molecule has 0 aromatic heterocycles. The molecule has 7 N–H and O–H groups in total. The van der Waals surface area contributed by atoms with Crippen molar-refractivity contribution < 1.29 is 67.8 Å². The van der Waals surface area contributed by atoms with E-state index in [1.54, 1.807) is 27.7 Å². The van der Waals surface area contributed by atoms with Crippen LogP contribution in [0.5, 0.6) is 11.5 Å². The number of nitrogens with one attached hydrogen (secondary N) is 2. The largest absolute Gasteiger partial charge is 0.527 e. The molecule has 3 aromatic rings. The van der Waals surface area contributed by atoms with Gasteiger partial charge >= 0.3 is 25.7 Å². The van der Waals surface area contributed by atoms with Crippen LogP contribution in [0.1, 0.15) is 57.3 Å². The highest BCUT2D eigenvalue weighted by Gasteiger charge is 2.30. The SMILES string of the molecule is Cc1cc(C)c(Cc2cc(C)c(OP(=O)(O)OCCC[C@H](C(=O)O)N3CCN(CC(=O)NCC(=O)O)CCN(Cc4cc([N+](=O)[O-])ccc4O)CCN(CC(=O)NCC(=O)O)CC3)cc2C)c(C)c1. The van der Waals surface area contributed by atoms with Gasteiger partial charge in [0.2, 0.25) is 11.8 Å². The first kappa shape index (κ1) is 55.6. The molecule has 4 rings (SSSR count). The highest BCUT2D eigenvalue weighted by atomic mass is 31.2. The number of rotatable bonds is 22. The summed E-state index contributed by atoms with van der Waals surface area (Å²) in [5, 5.41) is 55.6. The van der Waals surface area contributed by atoms with Crippen LogP contribution in [-0.4, -0.2) is 171 Å². The lowest BCUT2D eigenvalue weighted by Crippen LogP contribution is -2.52. The van der Waals surface area contributed by atoms with Gasteiger partial charge in [0, 0.05) is 76.6 Å². The van der Waals surface area contributed by atoms with Gasteiger partial charge in [-0.1, -0.05) is 23.8 Å². The fraction of sp³-hybridized carbons (Fsp3) is 0.500. The summed E-state index contributed by atoms with van der Waals surface area (Å²) in [6, 6.07) is 10.2. The highest BCUT2D eigenvalue weighted by Crippen LogP contribution is 2.45. The lowest BCUT2D eigenvalue weighted by atomic mass is 9.91. The molecule has 1 aliphatic heterocycles. The van der Waals surface area contributed by atoms with Crippen LogP contribution in [-0.2, 0) is 46.0 Å². The van der Waals surface area contributed by atoms with E-state index in [4.69, 9.17) is 19.3 Å². The number of phosphoric ester groups is 1. The van der Waals surface area contributed by atoms with Crippen molar-refractivity contribution in [3.63, 3.8) is 0 Å². The van der Waals surface area contributed by atoms with Crippen LogP contribution in [0.4, 0.5) is 5.69 Å². The number of aryl methyl sites for hydroxylation is 5. The number of phosphoric acid groups is 1. The molecule has 378 valence electrons. The van der Waals surface area contributed by atoms with Gasteiger partial charge in [-0.15, -0.1) is 0 Å². The van der Waals surface area contributed by atoms with Gasteiger partial charge in [0.15, 0.2) is 0 Å². The molecule has 1 saturated heterocycles. The van der Waals surface area contributed by atoms with Crippen molar-refractivity contribution >= 4 is 43.2 Å². The molecule has 22 nitrogen and oxygen atoms in total. The van der Waals surface area contributed by atoms with Crippen LogP contribution >= 0.6 is 7.82 Å². The first-order valence-electron chi connectivity index (χ1n) is 22.4. The van der Waals surface area contributed by atoms with E-state index in [1.807, 2.05) is 24.8 Å². The second-order valence-corrected chi connectivity index (χ2v) is 18.6. The number of carboxylic acid groups (broad SMARTS) is 3. The van der Waals surface area contributed by atoms with Crippen molar-refractivity contribution in [3.05, 3.63) is 97.1 Å². The van der Waals surface area contributed by atoms with E-state index in [9.17, 15) is 53.8 Å². The molecule has 3 aromatic carbocycles. The quantitative estimate of drug-likeness (QED) is 0.0329. The monoisotopic (exact) mass is 985 g/mol. The Morgan fingerprint density at radius 1 is 0.739 bits per heavy atom. The number of phenols is 1. The third-order valence-corrected chi connectivity index (χ3v) is 12.7. The number of non-ortho nitro benzene ring substituents is 1. The molecule has 0 aliphatic carbocycles. The number of aliphatic carboxylic acids is 3. The Hall–Kier alpha value is -6.00. The van der Waals surface area contributed by atoms with Gasteiger partial charge in [-0.05, 0) is 99.4 Å². The molecule has 0 bridgehead atoms. The molecule has 2 amide bonds. The normalized spacial score (nSPS) is 16.0. The number of carbonyl (C=O) groups is 5. The lowest BCUT2D eigenvalue weighted by molar-refractivity contribution is -0.385. The maximum Gasteiger partial charge on any atom is 0.527 e. The first-order chi connectivity index (χ1) is 32.5. The second-order valence-electron chi connectivity index (χ2n) is 17.3. The number of nitrogens with zero attached hydrogens (tertiary/aromatic N) is 5. The third-order valence-electron chi connectivity index (χ3n) is 11.8. The average molecular weight is 986 g/mol. The zero-order valence-corrected chi connectivity index (χ0v) is 40.5. The topological polar surface area (TPSA) is 302 Å². The number of carboxylic acids is 3. The van der Waals surface area contributed by atoms with E-state index in [-0.39, 0.29) is 114 Å². The van der Waals surface area contributed by atoms with Gasteiger partial charge in [0.05, 0.1) is 24.6 Å². The fourth-order valence-electron chi connectivity index (χ4n) is 8.15. The minimum absolute atomic E-state index is 0.00432. The van der Waals surface area contributed by atoms with Crippen LogP contribution in [0.15, 0.2) is 42.5 Å². The van der Waals surface area contributed by atoms with Crippen LogP contribution in [0.2, 0.25) is 0 Å². The van der Waals surface area contributed by atoms with Gasteiger partial charge in [-0.2, -0.15) is 0 Å². The zero-order valence-electron chi connectivity index (χ0n) is 39.6. The summed E-state index contributed by atoms with van der Waals surface area (Å²) in [7, 11) is -4.69. The number of carbonyl (C=O) groups excluding carboxylic acids is 2. The highest BCUT2D eigenvalue weighted by molar-refractivity contribution is 7.47. The van der Waals surface area contributed by atoms with Crippen LogP contribution in [0.3, 0.4) is 0 Å². The summed E-state index contributed by atoms with van der Waals surface area (Å²) in [4.78, 5) is 89.7. The van der Waals surface area contributed by atoms with E-state index >= 15 is 0 Å². The minimum Gasteiger partial charge on any atom is -0.508 e. The Balaban J connectivity index is 1.51. The Kier molecular flexibility index (Phi) is 21.0. The third kappa shape index (κ3) is 18.4. The molecular formula is C46H64N7O15P. The number of amides is 2. The van der Waals surface area contributed by atoms with Gasteiger partial charge in [0.25, 0.3) is 5.69 Å². The second kappa shape index (κ2) is 26.1. The summed E-state index contributed by atoms with van der Waals surface area (Å²) in [5.41, 5.74) is 7.18.